The molecule has 0 saturated carbocycles. The normalized spacial score (nSPS) is 14.3. The molecule has 1 aliphatic heterocycles. The summed E-state index contributed by atoms with van der Waals surface area (Å²) in [6.07, 6.45) is 0. The Labute approximate surface area is 132 Å². The van der Waals surface area contributed by atoms with Crippen molar-refractivity contribution in [3.63, 3.8) is 0 Å². The number of nitrogens with one attached hydrogen (secondary N) is 1. The van der Waals surface area contributed by atoms with E-state index < -0.39 is 8.07 Å². The standard InChI is InChI=1S/C20H19NSi/c1-22(2)19-14-7-6-11-16(19)17-12-8-13-18(20(17)22)21-15-9-4-3-5-10-15/h3-14,21H,1-2H3. The van der Waals surface area contributed by atoms with Gasteiger partial charge in [-0.05, 0) is 39.7 Å². The smallest absolute Gasteiger partial charge is 0.116 e. The molecule has 0 spiro atoms. The molecule has 1 N–H and O–H groups in total. The summed E-state index contributed by atoms with van der Waals surface area (Å²) < 4.78 is 0. The molecule has 0 atom stereocenters. The maximum atomic E-state index is 3.63. The molecule has 0 amide bonds. The molecule has 108 valence electrons. The van der Waals surface area contributed by atoms with Gasteiger partial charge < -0.3 is 5.32 Å². The molecule has 0 aromatic heterocycles. The van der Waals surface area contributed by atoms with Gasteiger partial charge in [0, 0.05) is 11.4 Å². The SMILES string of the molecule is C[Si]1(C)c2ccccc2-c2cccc(Nc3ccccc3)c21. The van der Waals surface area contributed by atoms with Gasteiger partial charge in [-0.3, -0.25) is 0 Å². The van der Waals surface area contributed by atoms with Crippen molar-refractivity contribution in [3.05, 3.63) is 72.8 Å². The van der Waals surface area contributed by atoms with Crippen molar-refractivity contribution < 1.29 is 0 Å². The Hall–Kier alpha value is -2.32. The zero-order valence-electron chi connectivity index (χ0n) is 12.9. The van der Waals surface area contributed by atoms with Gasteiger partial charge in [0.2, 0.25) is 0 Å². The number of fused-ring (bicyclic) bond motifs is 3. The van der Waals surface area contributed by atoms with Crippen LogP contribution in [0.15, 0.2) is 72.8 Å². The Morgan fingerprint density at radius 3 is 2.18 bits per heavy atom. The third-order valence-corrected chi connectivity index (χ3v) is 8.20. The molecule has 0 bridgehead atoms. The summed E-state index contributed by atoms with van der Waals surface area (Å²) in [6.45, 7) is 4.90. The molecule has 1 aliphatic rings. The summed E-state index contributed by atoms with van der Waals surface area (Å²) in [5.74, 6) is 0. The zero-order valence-corrected chi connectivity index (χ0v) is 13.9. The minimum Gasteiger partial charge on any atom is -0.356 e. The first-order valence-electron chi connectivity index (χ1n) is 7.73. The summed E-state index contributed by atoms with van der Waals surface area (Å²) in [4.78, 5) is 0. The van der Waals surface area contributed by atoms with Gasteiger partial charge in [0.15, 0.2) is 0 Å². The summed E-state index contributed by atoms with van der Waals surface area (Å²) in [7, 11) is -1.64. The Bertz CT molecular complexity index is 837. The Kier molecular flexibility index (Phi) is 2.94. The fourth-order valence-corrected chi connectivity index (χ4v) is 7.01. The van der Waals surface area contributed by atoms with Gasteiger partial charge in [-0.15, -0.1) is 0 Å². The van der Waals surface area contributed by atoms with Crippen molar-refractivity contribution in [1.82, 2.24) is 0 Å². The Morgan fingerprint density at radius 1 is 0.682 bits per heavy atom. The van der Waals surface area contributed by atoms with Crippen LogP contribution in [0.2, 0.25) is 13.1 Å². The molecule has 2 heteroatoms. The van der Waals surface area contributed by atoms with E-state index in [0.29, 0.717) is 0 Å². The minimum absolute atomic E-state index is 1.15. The van der Waals surface area contributed by atoms with Gasteiger partial charge in [-0.2, -0.15) is 0 Å². The van der Waals surface area contributed by atoms with Crippen LogP contribution in [0.4, 0.5) is 11.4 Å². The molecule has 0 unspecified atom stereocenters. The highest BCUT2D eigenvalue weighted by Gasteiger charge is 2.38. The van der Waals surface area contributed by atoms with Gasteiger partial charge in [-0.1, -0.05) is 67.7 Å². The lowest BCUT2D eigenvalue weighted by Gasteiger charge is -2.22. The van der Waals surface area contributed by atoms with E-state index >= 15 is 0 Å². The summed E-state index contributed by atoms with van der Waals surface area (Å²) in [6, 6.07) is 26.0. The third kappa shape index (κ3) is 1.91. The number of benzene rings is 3. The molecule has 4 rings (SSSR count). The molecule has 0 aliphatic carbocycles. The van der Waals surface area contributed by atoms with Crippen molar-refractivity contribution in [1.29, 1.82) is 0 Å². The van der Waals surface area contributed by atoms with Crippen molar-refractivity contribution in [2.75, 3.05) is 5.32 Å². The molecule has 3 aromatic carbocycles. The fraction of sp³-hybridized carbons (Fsp3) is 0.100. The van der Waals surface area contributed by atoms with E-state index in [2.05, 4.69) is 91.2 Å². The highest BCUT2D eigenvalue weighted by atomic mass is 28.3. The lowest BCUT2D eigenvalue weighted by molar-refractivity contribution is 1.57. The van der Waals surface area contributed by atoms with Crippen molar-refractivity contribution in [3.8, 4) is 11.1 Å². The predicted molar refractivity (Wildman–Crippen MR) is 98.4 cm³/mol. The second-order valence-electron chi connectivity index (χ2n) is 6.39. The van der Waals surface area contributed by atoms with Crippen LogP contribution >= 0.6 is 0 Å². The van der Waals surface area contributed by atoms with E-state index in [1.54, 1.807) is 5.19 Å². The second kappa shape index (κ2) is 4.85. The minimum atomic E-state index is -1.64. The van der Waals surface area contributed by atoms with Crippen LogP contribution in [0.3, 0.4) is 0 Å². The van der Waals surface area contributed by atoms with Gasteiger partial charge in [0.05, 0.1) is 0 Å². The third-order valence-electron chi connectivity index (χ3n) is 4.63. The van der Waals surface area contributed by atoms with Crippen LogP contribution in [-0.2, 0) is 0 Å². The highest BCUT2D eigenvalue weighted by molar-refractivity contribution is 7.04. The van der Waals surface area contributed by atoms with Crippen LogP contribution in [0.25, 0.3) is 11.1 Å². The summed E-state index contributed by atoms with van der Waals surface area (Å²) in [5.41, 5.74) is 5.24. The maximum absolute atomic E-state index is 3.63. The monoisotopic (exact) mass is 301 g/mol. The molecule has 0 fully saturated rings. The molecule has 0 saturated heterocycles. The molecule has 1 heterocycles. The molecule has 22 heavy (non-hydrogen) atoms. The highest BCUT2D eigenvalue weighted by Crippen LogP contribution is 2.32. The van der Waals surface area contributed by atoms with Crippen LogP contribution in [0.5, 0.6) is 0 Å². The average molecular weight is 301 g/mol. The van der Waals surface area contributed by atoms with Gasteiger partial charge in [0.25, 0.3) is 0 Å². The predicted octanol–water partition coefficient (Wildman–Crippen LogP) is 4.23. The molecular weight excluding hydrogens is 282 g/mol. The first-order chi connectivity index (χ1) is 10.7. The van der Waals surface area contributed by atoms with E-state index in [4.69, 9.17) is 0 Å². The molecule has 1 nitrogen and oxygen atoms in total. The summed E-state index contributed by atoms with van der Waals surface area (Å²) >= 11 is 0. The first kappa shape index (κ1) is 13.3. The van der Waals surface area contributed by atoms with E-state index in [-0.39, 0.29) is 0 Å². The number of rotatable bonds is 2. The largest absolute Gasteiger partial charge is 0.356 e. The molecule has 3 aromatic rings. The van der Waals surface area contributed by atoms with Crippen LogP contribution in [-0.4, -0.2) is 8.07 Å². The van der Waals surface area contributed by atoms with Crippen molar-refractivity contribution in [2.45, 2.75) is 13.1 Å². The Balaban J connectivity index is 1.89. The van der Waals surface area contributed by atoms with E-state index in [1.165, 1.54) is 22.0 Å². The number of hydrogen-bond acceptors (Lipinski definition) is 1. The van der Waals surface area contributed by atoms with E-state index in [9.17, 15) is 0 Å². The number of para-hydroxylation sites is 1. The lowest BCUT2D eigenvalue weighted by atomic mass is 10.1. The topological polar surface area (TPSA) is 12.0 Å². The van der Waals surface area contributed by atoms with Crippen molar-refractivity contribution in [2.24, 2.45) is 0 Å². The van der Waals surface area contributed by atoms with Gasteiger partial charge >= 0.3 is 0 Å². The summed E-state index contributed by atoms with van der Waals surface area (Å²) in [5, 5.41) is 6.71. The zero-order chi connectivity index (χ0) is 15.2. The second-order valence-corrected chi connectivity index (χ2v) is 10.7. The number of anilines is 2. The van der Waals surface area contributed by atoms with Gasteiger partial charge in [-0.25, -0.2) is 0 Å². The van der Waals surface area contributed by atoms with Crippen molar-refractivity contribution >= 4 is 29.8 Å². The lowest BCUT2D eigenvalue weighted by Crippen LogP contribution is -2.50. The van der Waals surface area contributed by atoms with Gasteiger partial charge in [0.1, 0.15) is 8.07 Å². The quantitative estimate of drug-likeness (QED) is 0.698. The van der Waals surface area contributed by atoms with E-state index in [1.807, 2.05) is 0 Å². The number of hydrogen-bond donors (Lipinski definition) is 1. The molecular formula is C20H19NSi. The van der Waals surface area contributed by atoms with Crippen LogP contribution in [0, 0.1) is 0 Å². The Morgan fingerprint density at radius 2 is 1.36 bits per heavy atom. The van der Waals surface area contributed by atoms with E-state index in [0.717, 1.165) is 5.69 Å². The maximum Gasteiger partial charge on any atom is 0.116 e. The average Bonchev–Trinajstić information content (AvgIpc) is 2.78. The first-order valence-corrected chi connectivity index (χ1v) is 10.7. The van der Waals surface area contributed by atoms with Crippen LogP contribution in [0.1, 0.15) is 0 Å². The van der Waals surface area contributed by atoms with Crippen LogP contribution < -0.4 is 15.7 Å². The fourth-order valence-electron chi connectivity index (χ4n) is 3.63. The molecule has 0 radical (unpaired) electrons.